The zero-order chi connectivity index (χ0) is 18.8. The highest BCUT2D eigenvalue weighted by atomic mass is 35.5. The quantitative estimate of drug-likeness (QED) is 0.283. The Morgan fingerprint density at radius 3 is 2.81 bits per heavy atom. The number of aromatic amines is 1. The van der Waals surface area contributed by atoms with Gasteiger partial charge < -0.3 is 16.1 Å². The summed E-state index contributed by atoms with van der Waals surface area (Å²) in [5, 5.41) is 7.64. The first-order valence-corrected chi connectivity index (χ1v) is 9.39. The number of benzene rings is 1. The summed E-state index contributed by atoms with van der Waals surface area (Å²) < 4.78 is 3.36. The topological polar surface area (TPSA) is 90.6 Å². The number of nitrogens with two attached hydrogens (primary N) is 1. The number of H-pyrrole nitrogens is 1. The normalized spacial score (nSPS) is 10.1. The van der Waals surface area contributed by atoms with Crippen LogP contribution in [0.5, 0.6) is 0 Å². The fourth-order valence-electron chi connectivity index (χ4n) is 2.12. The van der Waals surface area contributed by atoms with Crippen LogP contribution in [0.25, 0.3) is 0 Å². The van der Waals surface area contributed by atoms with Crippen LogP contribution in [0.4, 0.5) is 5.82 Å². The van der Waals surface area contributed by atoms with Crippen LogP contribution in [0, 0.1) is 12.3 Å². The van der Waals surface area contributed by atoms with Gasteiger partial charge in [-0.3, -0.25) is 4.72 Å². The van der Waals surface area contributed by atoms with Gasteiger partial charge in [-0.1, -0.05) is 29.6 Å². The summed E-state index contributed by atoms with van der Waals surface area (Å²) in [6, 6.07) is 11.6. The summed E-state index contributed by atoms with van der Waals surface area (Å²) in [6.45, 7) is 2.94. The number of pyridine rings is 1. The maximum Gasteiger partial charge on any atom is 0.132 e. The van der Waals surface area contributed by atoms with Crippen LogP contribution in [-0.2, 0) is 12.3 Å². The van der Waals surface area contributed by atoms with Crippen LogP contribution in [0.15, 0.2) is 55.0 Å². The molecule has 3 rings (SSSR count). The van der Waals surface area contributed by atoms with Crippen LogP contribution >= 0.6 is 23.5 Å². The van der Waals surface area contributed by atoms with E-state index in [9.17, 15) is 0 Å². The fourth-order valence-corrected chi connectivity index (χ4v) is 3.05. The van der Waals surface area contributed by atoms with Gasteiger partial charge in [0.25, 0.3) is 0 Å². The number of aryl methyl sites for hydroxylation is 1. The summed E-state index contributed by atoms with van der Waals surface area (Å²) in [5.74, 6) is 1.38. The number of halogens is 1. The first kappa shape index (κ1) is 20.0. The molecule has 5 N–H and O–H groups in total. The third-order valence-corrected chi connectivity index (χ3v) is 4.66. The highest BCUT2D eigenvalue weighted by molar-refractivity contribution is 7.96. The van der Waals surface area contributed by atoms with E-state index in [4.69, 9.17) is 22.7 Å². The Labute approximate surface area is 163 Å². The van der Waals surface area contributed by atoms with E-state index in [-0.39, 0.29) is 0 Å². The van der Waals surface area contributed by atoms with Crippen molar-refractivity contribution in [2.45, 2.75) is 19.2 Å². The van der Waals surface area contributed by atoms with Crippen LogP contribution in [0.3, 0.4) is 0 Å². The van der Waals surface area contributed by atoms with Crippen molar-refractivity contribution < 1.29 is 0 Å². The predicted molar refractivity (Wildman–Crippen MR) is 112 cm³/mol. The number of hydrogen-bond acceptors (Lipinski definition) is 5. The monoisotopic (exact) mass is 387 g/mol. The Morgan fingerprint density at radius 2 is 2.19 bits per heavy atom. The molecule has 0 unspecified atom stereocenters. The number of anilines is 1. The molecule has 0 aliphatic rings. The van der Waals surface area contributed by atoms with Gasteiger partial charge in [-0.15, -0.1) is 0 Å². The molecular weight excluding hydrogens is 366 g/mol. The van der Waals surface area contributed by atoms with E-state index in [1.54, 1.807) is 30.3 Å². The van der Waals surface area contributed by atoms with Crippen molar-refractivity contribution in [2.24, 2.45) is 0 Å². The zero-order valence-corrected chi connectivity index (χ0v) is 16.1. The van der Waals surface area contributed by atoms with Gasteiger partial charge in [-0.25, -0.2) is 4.98 Å². The summed E-state index contributed by atoms with van der Waals surface area (Å²) >= 11 is 7.63. The summed E-state index contributed by atoms with van der Waals surface area (Å²) in [4.78, 5) is 6.82. The van der Waals surface area contributed by atoms with Crippen LogP contribution < -0.4 is 10.5 Å². The van der Waals surface area contributed by atoms with Crippen molar-refractivity contribution >= 4 is 35.6 Å². The molecule has 0 aliphatic heterocycles. The first-order valence-electron chi connectivity index (χ1n) is 8.02. The van der Waals surface area contributed by atoms with E-state index in [1.807, 2.05) is 24.5 Å². The van der Waals surface area contributed by atoms with Gasteiger partial charge in [0.05, 0.1) is 0 Å². The molecule has 3 aromatic rings. The van der Waals surface area contributed by atoms with E-state index < -0.39 is 0 Å². The molecule has 0 spiro atoms. The number of nitrogens with zero attached hydrogens (tertiary/aromatic N) is 1. The largest absolute Gasteiger partial charge is 0.383 e. The highest BCUT2D eigenvalue weighted by Gasteiger charge is 1.99. The van der Waals surface area contributed by atoms with Crippen molar-refractivity contribution in [1.29, 1.82) is 5.41 Å². The number of nitrogen functional groups attached to an aromatic ring is 1. The van der Waals surface area contributed by atoms with E-state index in [2.05, 4.69) is 33.7 Å². The van der Waals surface area contributed by atoms with Crippen LogP contribution in [0.1, 0.15) is 22.3 Å². The molecule has 0 saturated heterocycles. The molecule has 0 aliphatic carbocycles. The van der Waals surface area contributed by atoms with E-state index in [0.29, 0.717) is 11.4 Å². The van der Waals surface area contributed by atoms with Crippen molar-refractivity contribution in [1.82, 2.24) is 14.7 Å². The lowest BCUT2D eigenvalue weighted by Crippen LogP contribution is -2.05. The average molecular weight is 388 g/mol. The Morgan fingerprint density at radius 1 is 1.35 bits per heavy atom. The maximum absolute atomic E-state index is 6.84. The molecule has 0 saturated carbocycles. The van der Waals surface area contributed by atoms with Crippen molar-refractivity contribution in [3.63, 3.8) is 0 Å². The molecule has 0 fully saturated rings. The Hall–Kier alpha value is -2.28. The molecular formula is C19H22ClN5S. The lowest BCUT2D eigenvalue weighted by atomic mass is 10.1. The van der Waals surface area contributed by atoms with Gasteiger partial charge in [0, 0.05) is 47.7 Å². The third kappa shape index (κ3) is 6.55. The van der Waals surface area contributed by atoms with Crippen molar-refractivity contribution in [3.05, 3.63) is 82.3 Å². The molecule has 2 heterocycles. The molecule has 1 aromatic carbocycles. The molecule has 5 nitrogen and oxygen atoms in total. The van der Waals surface area contributed by atoms with Gasteiger partial charge in [0.15, 0.2) is 0 Å². The average Bonchev–Trinajstić information content (AvgIpc) is 3.15. The SMILES string of the molecule is Cc1cc(Cl)ccc1CNSCc1cc[nH]c1.N=Cc1cccnc1N. The molecule has 0 bridgehead atoms. The minimum absolute atomic E-state index is 0.410. The second-order valence-corrected chi connectivity index (χ2v) is 6.82. The lowest BCUT2D eigenvalue weighted by Gasteiger charge is -2.07. The van der Waals surface area contributed by atoms with Gasteiger partial charge in [0.1, 0.15) is 5.82 Å². The molecule has 2 aromatic heterocycles. The second kappa shape index (κ2) is 10.7. The summed E-state index contributed by atoms with van der Waals surface area (Å²) in [7, 11) is 0. The lowest BCUT2D eigenvalue weighted by molar-refractivity contribution is 0.961. The predicted octanol–water partition coefficient (Wildman–Crippen LogP) is 4.58. The maximum atomic E-state index is 6.84. The number of aromatic nitrogens is 2. The fraction of sp³-hybridized carbons (Fsp3) is 0.158. The second-order valence-electron chi connectivity index (χ2n) is 5.52. The van der Waals surface area contributed by atoms with Crippen LogP contribution in [-0.4, -0.2) is 16.2 Å². The molecule has 0 atom stereocenters. The number of nitrogens with one attached hydrogen (secondary N) is 3. The summed E-state index contributed by atoms with van der Waals surface area (Å²) in [6.07, 6.45) is 6.74. The zero-order valence-electron chi connectivity index (χ0n) is 14.5. The smallest absolute Gasteiger partial charge is 0.132 e. The van der Waals surface area contributed by atoms with E-state index in [0.717, 1.165) is 17.3 Å². The summed E-state index contributed by atoms with van der Waals surface area (Å²) in [5.41, 5.74) is 9.85. The molecule has 136 valence electrons. The van der Waals surface area contributed by atoms with Gasteiger partial charge in [-0.2, -0.15) is 0 Å². The minimum atomic E-state index is 0.410. The van der Waals surface area contributed by atoms with Gasteiger partial charge in [-0.05, 0) is 53.9 Å². The Bertz CT molecular complexity index is 821. The molecule has 0 radical (unpaired) electrons. The Kier molecular flexibility index (Phi) is 8.21. The molecule has 26 heavy (non-hydrogen) atoms. The van der Waals surface area contributed by atoms with Gasteiger partial charge >= 0.3 is 0 Å². The Balaban J connectivity index is 0.000000228. The molecule has 0 amide bonds. The first-order chi connectivity index (χ1) is 12.6. The number of rotatable bonds is 6. The standard InChI is InChI=1S/C13H15ClN2S.C6H7N3/c1-10-6-13(14)3-2-12(10)8-16-17-9-11-4-5-15-7-11;7-4-5-2-1-3-9-6(5)8/h2-7,15-16H,8-9H2,1H3;1-4,7H,(H2,8,9). The highest BCUT2D eigenvalue weighted by Crippen LogP contribution is 2.16. The van der Waals surface area contributed by atoms with Gasteiger partial charge in [0.2, 0.25) is 0 Å². The van der Waals surface area contributed by atoms with E-state index in [1.165, 1.54) is 22.9 Å². The van der Waals surface area contributed by atoms with Crippen molar-refractivity contribution in [3.8, 4) is 0 Å². The number of hydrogen-bond donors (Lipinski definition) is 4. The molecule has 7 heteroatoms. The van der Waals surface area contributed by atoms with Crippen LogP contribution in [0.2, 0.25) is 5.02 Å². The van der Waals surface area contributed by atoms with Crippen molar-refractivity contribution in [2.75, 3.05) is 5.73 Å². The minimum Gasteiger partial charge on any atom is -0.383 e. The van der Waals surface area contributed by atoms with E-state index >= 15 is 0 Å². The third-order valence-electron chi connectivity index (χ3n) is 3.60.